The predicted molar refractivity (Wildman–Crippen MR) is 97.3 cm³/mol. The van der Waals surface area contributed by atoms with Gasteiger partial charge in [0.2, 0.25) is 0 Å². The summed E-state index contributed by atoms with van der Waals surface area (Å²) >= 11 is 0. The molecule has 0 bridgehead atoms. The fourth-order valence-corrected chi connectivity index (χ4v) is 3.65. The molecule has 14 heteroatoms. The summed E-state index contributed by atoms with van der Waals surface area (Å²) in [6.45, 7) is 1.56. The monoisotopic (exact) mass is 462 g/mol. The van der Waals surface area contributed by atoms with Gasteiger partial charge in [-0.2, -0.15) is 8.42 Å². The van der Waals surface area contributed by atoms with Crippen molar-refractivity contribution in [1.29, 1.82) is 0 Å². The third kappa shape index (κ3) is 6.30. The summed E-state index contributed by atoms with van der Waals surface area (Å²) in [5.74, 6) is -5.69. The van der Waals surface area contributed by atoms with Crippen LogP contribution in [0.4, 0.5) is 0 Å². The minimum atomic E-state index is -4.79. The molecule has 2 fully saturated rings. The van der Waals surface area contributed by atoms with Crippen LogP contribution < -0.4 is 0 Å². The molecular formula is C17H22N2O11S. The molecule has 13 nitrogen and oxygen atoms in total. The number of imide groups is 2. The molecule has 0 aromatic heterocycles. The van der Waals surface area contributed by atoms with Crippen molar-refractivity contribution in [3.05, 3.63) is 0 Å². The fraction of sp³-hybridized carbons (Fsp3) is 0.647. The van der Waals surface area contributed by atoms with Crippen molar-refractivity contribution >= 4 is 45.7 Å². The molecule has 0 aliphatic carbocycles. The molecule has 2 saturated heterocycles. The molecule has 2 heterocycles. The summed E-state index contributed by atoms with van der Waals surface area (Å²) in [5, 5.41) is -1.46. The van der Waals surface area contributed by atoms with E-state index in [-0.39, 0.29) is 24.3 Å². The first-order chi connectivity index (χ1) is 14.4. The van der Waals surface area contributed by atoms with Crippen molar-refractivity contribution in [3.8, 4) is 0 Å². The highest BCUT2D eigenvalue weighted by Crippen LogP contribution is 2.21. The molecule has 0 radical (unpaired) electrons. The summed E-state index contributed by atoms with van der Waals surface area (Å²) in [7, 11) is -4.79. The van der Waals surface area contributed by atoms with E-state index in [4.69, 9.17) is 9.39 Å². The topological polar surface area (TPSA) is 182 Å². The molecular weight excluding hydrogens is 440 g/mol. The largest absolute Gasteiger partial charge is 0.333 e. The Hall–Kier alpha value is -2.87. The first-order valence-electron chi connectivity index (χ1n) is 9.53. The van der Waals surface area contributed by atoms with Gasteiger partial charge in [-0.15, -0.1) is 10.1 Å². The Kier molecular flexibility index (Phi) is 7.84. The Morgan fingerprint density at radius 3 is 1.71 bits per heavy atom. The van der Waals surface area contributed by atoms with Crippen LogP contribution in [0.3, 0.4) is 0 Å². The molecule has 0 spiro atoms. The highest BCUT2D eigenvalue weighted by molar-refractivity contribution is 7.87. The number of carbonyl (C=O) groups is 6. The number of nitrogens with zero attached hydrogens (tertiary/aromatic N) is 2. The molecule has 2 rings (SSSR count). The molecule has 1 N–H and O–H groups in total. The quantitative estimate of drug-likeness (QED) is 0.254. The van der Waals surface area contributed by atoms with Gasteiger partial charge in [-0.25, -0.2) is 9.59 Å². The highest BCUT2D eigenvalue weighted by atomic mass is 32.2. The Morgan fingerprint density at radius 2 is 1.32 bits per heavy atom. The number of amides is 4. The number of hydrogen-bond donors (Lipinski definition) is 1. The van der Waals surface area contributed by atoms with Gasteiger partial charge in [0.15, 0.2) is 5.25 Å². The van der Waals surface area contributed by atoms with E-state index in [0.717, 1.165) is 0 Å². The van der Waals surface area contributed by atoms with Crippen LogP contribution in [0.25, 0.3) is 0 Å². The smallest absolute Gasteiger partial charge is 0.330 e. The van der Waals surface area contributed by atoms with E-state index in [9.17, 15) is 37.2 Å². The van der Waals surface area contributed by atoms with Crippen molar-refractivity contribution < 1.29 is 51.4 Å². The van der Waals surface area contributed by atoms with Gasteiger partial charge in [0.05, 0.1) is 6.42 Å². The van der Waals surface area contributed by atoms with Crippen LogP contribution in [-0.2, 0) is 48.6 Å². The zero-order valence-electron chi connectivity index (χ0n) is 16.6. The number of hydroxylamine groups is 4. The minimum Gasteiger partial charge on any atom is -0.330 e. The fourth-order valence-electron chi connectivity index (χ4n) is 2.95. The highest BCUT2D eigenvalue weighted by Gasteiger charge is 2.48. The second-order valence-corrected chi connectivity index (χ2v) is 8.81. The van der Waals surface area contributed by atoms with E-state index in [2.05, 4.69) is 4.84 Å². The van der Waals surface area contributed by atoms with Gasteiger partial charge in [-0.1, -0.05) is 19.8 Å². The second-order valence-electron chi connectivity index (χ2n) is 7.21. The molecule has 172 valence electrons. The van der Waals surface area contributed by atoms with E-state index in [1.807, 2.05) is 0 Å². The molecule has 2 aliphatic rings. The second kappa shape index (κ2) is 9.96. The van der Waals surface area contributed by atoms with E-state index in [1.54, 1.807) is 6.92 Å². The Bertz CT molecular complexity index is 898. The lowest BCUT2D eigenvalue weighted by molar-refractivity contribution is -0.198. The Labute approximate surface area is 177 Å². The van der Waals surface area contributed by atoms with Crippen molar-refractivity contribution in [1.82, 2.24) is 10.1 Å². The molecule has 2 aliphatic heterocycles. The van der Waals surface area contributed by atoms with Crippen molar-refractivity contribution in [3.63, 3.8) is 0 Å². The van der Waals surface area contributed by atoms with Gasteiger partial charge >= 0.3 is 11.9 Å². The van der Waals surface area contributed by atoms with Gasteiger partial charge in [0.25, 0.3) is 33.7 Å². The number of hydrogen-bond acceptors (Lipinski definition) is 10. The summed E-state index contributed by atoms with van der Waals surface area (Å²) in [6, 6.07) is 0. The van der Waals surface area contributed by atoms with E-state index in [1.165, 1.54) is 0 Å². The van der Waals surface area contributed by atoms with Gasteiger partial charge in [0, 0.05) is 25.2 Å². The molecule has 4 amide bonds. The average Bonchev–Trinajstić information content (AvgIpc) is 3.08. The molecule has 0 aromatic rings. The summed E-state index contributed by atoms with van der Waals surface area (Å²) in [4.78, 5) is 79.4. The predicted octanol–water partition coefficient (Wildman–Crippen LogP) is -0.346. The normalized spacial score (nSPS) is 21.7. The van der Waals surface area contributed by atoms with Crippen LogP contribution in [0.1, 0.15) is 58.3 Å². The zero-order chi connectivity index (χ0) is 23.3. The third-order valence-electron chi connectivity index (χ3n) is 4.65. The van der Waals surface area contributed by atoms with Gasteiger partial charge in [-0.05, 0) is 12.8 Å². The van der Waals surface area contributed by atoms with Crippen molar-refractivity contribution in [2.75, 3.05) is 0 Å². The van der Waals surface area contributed by atoms with Crippen molar-refractivity contribution in [2.24, 2.45) is 5.92 Å². The van der Waals surface area contributed by atoms with Gasteiger partial charge < -0.3 is 9.68 Å². The van der Waals surface area contributed by atoms with Crippen LogP contribution in [-0.4, -0.2) is 63.9 Å². The van der Waals surface area contributed by atoms with Crippen molar-refractivity contribution in [2.45, 2.75) is 63.5 Å². The maximum absolute atomic E-state index is 11.8. The zero-order valence-corrected chi connectivity index (χ0v) is 17.5. The molecule has 0 aromatic carbocycles. The SMILES string of the molecule is CC1CC(=O)N(OC(=O)CCCCCCC(=O)ON2C(=O)CC(S(=O)(=O)O)C2=O)C1=O. The lowest BCUT2D eigenvalue weighted by atomic mass is 10.1. The molecule has 2 unspecified atom stereocenters. The lowest BCUT2D eigenvalue weighted by Crippen LogP contribution is -2.36. The number of carbonyl (C=O) groups excluding carboxylic acids is 6. The number of rotatable bonds is 10. The van der Waals surface area contributed by atoms with Gasteiger partial charge in [-0.3, -0.25) is 23.7 Å². The standard InChI is InChI=1S/C17H22N2O11S/c1-10-8-12(20)18(16(10)24)29-14(22)6-4-2-3-5-7-15(23)30-19-13(21)9-11(17(19)25)31(26,27)28/h10-11H,2-9H2,1H3,(H,26,27,28). The molecule has 31 heavy (non-hydrogen) atoms. The van der Waals surface area contributed by atoms with E-state index in [0.29, 0.717) is 30.7 Å². The summed E-state index contributed by atoms with van der Waals surface area (Å²) in [5.41, 5.74) is 0. The van der Waals surface area contributed by atoms with Crippen LogP contribution in [0.5, 0.6) is 0 Å². The minimum absolute atomic E-state index is 0.00664. The van der Waals surface area contributed by atoms with Crippen LogP contribution in [0.2, 0.25) is 0 Å². The van der Waals surface area contributed by atoms with E-state index < -0.39 is 63.3 Å². The van der Waals surface area contributed by atoms with E-state index >= 15 is 0 Å². The third-order valence-corrected chi connectivity index (χ3v) is 5.74. The molecule has 2 atom stereocenters. The number of unbranched alkanes of at least 4 members (excludes halogenated alkanes) is 3. The molecule has 0 saturated carbocycles. The summed E-state index contributed by atoms with van der Waals surface area (Å²) < 4.78 is 31.0. The van der Waals surface area contributed by atoms with Crippen LogP contribution >= 0.6 is 0 Å². The Morgan fingerprint density at radius 1 is 0.871 bits per heavy atom. The maximum Gasteiger partial charge on any atom is 0.333 e. The van der Waals surface area contributed by atoms with Gasteiger partial charge in [0.1, 0.15) is 0 Å². The van der Waals surface area contributed by atoms with Crippen LogP contribution in [0, 0.1) is 5.92 Å². The first kappa shape index (κ1) is 24.4. The lowest BCUT2D eigenvalue weighted by Gasteiger charge is -2.13. The first-order valence-corrected chi connectivity index (χ1v) is 11.0. The summed E-state index contributed by atoms with van der Waals surface area (Å²) in [6.07, 6.45) is 0.632. The van der Waals surface area contributed by atoms with Crippen LogP contribution in [0.15, 0.2) is 0 Å². The average molecular weight is 462 g/mol. The Balaban J connectivity index is 1.62. The maximum atomic E-state index is 11.8.